The van der Waals surface area contributed by atoms with E-state index in [4.69, 9.17) is 5.73 Å². The maximum Gasteiger partial charge on any atom is 0.311 e. The smallest absolute Gasteiger partial charge is 0.311 e. The lowest BCUT2D eigenvalue weighted by Crippen LogP contribution is -2.44. The molecule has 0 radical (unpaired) electrons. The Morgan fingerprint density at radius 1 is 1.22 bits per heavy atom. The molecule has 142 valence electrons. The van der Waals surface area contributed by atoms with Crippen LogP contribution >= 0.6 is 0 Å². The first-order valence-corrected chi connectivity index (χ1v) is 9.17. The van der Waals surface area contributed by atoms with Crippen molar-refractivity contribution in [2.75, 3.05) is 13.1 Å². The number of nitrogens with one attached hydrogen (secondary N) is 1. The summed E-state index contributed by atoms with van der Waals surface area (Å²) in [6.07, 6.45) is 2.23. The third-order valence-corrected chi connectivity index (χ3v) is 5.15. The Morgan fingerprint density at radius 3 is 2.52 bits per heavy atom. The Hall–Kier alpha value is -2.73. The third kappa shape index (κ3) is 4.52. The summed E-state index contributed by atoms with van der Waals surface area (Å²) in [6, 6.07) is 14.8. The van der Waals surface area contributed by atoms with Gasteiger partial charge in [0.25, 0.3) is 0 Å². The summed E-state index contributed by atoms with van der Waals surface area (Å²) < 4.78 is 0. The fourth-order valence-corrected chi connectivity index (χ4v) is 3.34. The predicted molar refractivity (Wildman–Crippen MR) is 104 cm³/mol. The standard InChI is InChI=1S/C21H26N4O2/c1-21(2)14-25(13-18(21)22)20(27)19(26)24-17(15-8-4-3-5-9-15)12-16-10-6-7-11-23-16/h3-11,17-18H,12-14,22H2,1-2H3,(H,24,26). The zero-order valence-corrected chi connectivity index (χ0v) is 15.8. The van der Waals surface area contributed by atoms with Crippen LogP contribution in [-0.2, 0) is 16.0 Å². The molecular weight excluding hydrogens is 340 g/mol. The highest BCUT2D eigenvalue weighted by Gasteiger charge is 2.40. The van der Waals surface area contributed by atoms with Crippen LogP contribution in [0, 0.1) is 5.41 Å². The van der Waals surface area contributed by atoms with Gasteiger partial charge in [-0.3, -0.25) is 14.6 Å². The zero-order chi connectivity index (χ0) is 19.4. The minimum atomic E-state index is -0.607. The monoisotopic (exact) mass is 366 g/mol. The first-order valence-electron chi connectivity index (χ1n) is 9.17. The van der Waals surface area contributed by atoms with Gasteiger partial charge in [0.1, 0.15) is 0 Å². The van der Waals surface area contributed by atoms with E-state index in [9.17, 15) is 9.59 Å². The van der Waals surface area contributed by atoms with E-state index in [1.165, 1.54) is 0 Å². The Kier molecular flexibility index (Phi) is 5.56. The van der Waals surface area contributed by atoms with Gasteiger partial charge in [-0.25, -0.2) is 0 Å². The number of amides is 2. The second kappa shape index (κ2) is 7.88. The quantitative estimate of drug-likeness (QED) is 0.806. The molecule has 0 bridgehead atoms. The number of likely N-dealkylation sites (tertiary alicyclic amines) is 1. The van der Waals surface area contributed by atoms with Gasteiger partial charge in [-0.15, -0.1) is 0 Å². The van der Waals surface area contributed by atoms with Gasteiger partial charge in [0.15, 0.2) is 0 Å². The third-order valence-electron chi connectivity index (χ3n) is 5.15. The lowest BCUT2D eigenvalue weighted by molar-refractivity contribution is -0.145. The predicted octanol–water partition coefficient (Wildman–Crippen LogP) is 1.68. The van der Waals surface area contributed by atoms with Crippen molar-refractivity contribution in [1.82, 2.24) is 15.2 Å². The van der Waals surface area contributed by atoms with Crippen LogP contribution in [0.15, 0.2) is 54.7 Å². The van der Waals surface area contributed by atoms with E-state index in [1.807, 2.05) is 62.4 Å². The average Bonchev–Trinajstić information content (AvgIpc) is 2.95. The fourth-order valence-electron chi connectivity index (χ4n) is 3.34. The molecule has 6 nitrogen and oxygen atoms in total. The average molecular weight is 366 g/mol. The van der Waals surface area contributed by atoms with Crippen LogP contribution in [0.3, 0.4) is 0 Å². The van der Waals surface area contributed by atoms with Crippen molar-refractivity contribution in [2.45, 2.75) is 32.4 Å². The molecule has 2 heterocycles. The number of hydrogen-bond donors (Lipinski definition) is 2. The molecule has 3 rings (SSSR count). The van der Waals surface area contributed by atoms with Crippen LogP contribution in [0.2, 0.25) is 0 Å². The van der Waals surface area contributed by atoms with Crippen LogP contribution in [-0.4, -0.2) is 40.8 Å². The van der Waals surface area contributed by atoms with Gasteiger partial charge < -0.3 is 16.0 Å². The summed E-state index contributed by atoms with van der Waals surface area (Å²) in [5, 5.41) is 2.89. The van der Waals surface area contributed by atoms with E-state index in [0.29, 0.717) is 19.5 Å². The molecule has 2 atom stereocenters. The van der Waals surface area contributed by atoms with Crippen molar-refractivity contribution in [3.05, 3.63) is 66.0 Å². The molecule has 1 saturated heterocycles. The van der Waals surface area contributed by atoms with Crippen LogP contribution < -0.4 is 11.1 Å². The summed E-state index contributed by atoms with van der Waals surface area (Å²) in [5.41, 5.74) is 7.69. The van der Waals surface area contributed by atoms with E-state index < -0.39 is 11.8 Å². The second-order valence-electron chi connectivity index (χ2n) is 7.74. The molecular formula is C21H26N4O2. The van der Waals surface area contributed by atoms with E-state index in [0.717, 1.165) is 11.3 Å². The largest absolute Gasteiger partial charge is 0.341 e. The lowest BCUT2D eigenvalue weighted by atomic mass is 9.89. The van der Waals surface area contributed by atoms with E-state index in [1.54, 1.807) is 11.1 Å². The lowest BCUT2D eigenvalue weighted by Gasteiger charge is -2.23. The first kappa shape index (κ1) is 19.0. The highest BCUT2D eigenvalue weighted by molar-refractivity contribution is 6.35. The Labute approximate surface area is 159 Å². The Balaban J connectivity index is 1.74. The van der Waals surface area contributed by atoms with Crippen LogP contribution in [0.1, 0.15) is 31.1 Å². The minimum absolute atomic E-state index is 0.132. The summed E-state index contributed by atoms with van der Waals surface area (Å²) in [7, 11) is 0. The molecule has 2 aromatic rings. The highest BCUT2D eigenvalue weighted by Crippen LogP contribution is 2.28. The summed E-state index contributed by atoms with van der Waals surface area (Å²) in [6.45, 7) is 4.90. The molecule has 1 aromatic carbocycles. The van der Waals surface area contributed by atoms with Crippen LogP contribution in [0.5, 0.6) is 0 Å². The number of pyridine rings is 1. The Morgan fingerprint density at radius 2 is 1.93 bits per heavy atom. The van der Waals surface area contributed by atoms with Crippen molar-refractivity contribution in [2.24, 2.45) is 11.1 Å². The maximum absolute atomic E-state index is 12.7. The number of hydrogen-bond acceptors (Lipinski definition) is 4. The molecule has 1 fully saturated rings. The summed E-state index contributed by atoms with van der Waals surface area (Å²) in [4.78, 5) is 31.2. The summed E-state index contributed by atoms with van der Waals surface area (Å²) in [5.74, 6) is -1.14. The van der Waals surface area contributed by atoms with Crippen molar-refractivity contribution in [3.63, 3.8) is 0 Å². The molecule has 27 heavy (non-hydrogen) atoms. The van der Waals surface area contributed by atoms with Crippen molar-refractivity contribution in [3.8, 4) is 0 Å². The molecule has 2 unspecified atom stereocenters. The van der Waals surface area contributed by atoms with Gasteiger partial charge in [-0.05, 0) is 23.1 Å². The number of nitrogens with zero attached hydrogens (tertiary/aromatic N) is 2. The fraction of sp³-hybridized carbons (Fsp3) is 0.381. The zero-order valence-electron chi connectivity index (χ0n) is 15.8. The van der Waals surface area contributed by atoms with Gasteiger partial charge in [0, 0.05) is 37.4 Å². The highest BCUT2D eigenvalue weighted by atomic mass is 16.2. The number of aromatic nitrogens is 1. The van der Waals surface area contributed by atoms with Crippen molar-refractivity contribution < 1.29 is 9.59 Å². The van der Waals surface area contributed by atoms with Gasteiger partial charge >= 0.3 is 11.8 Å². The van der Waals surface area contributed by atoms with Gasteiger partial charge in [-0.2, -0.15) is 0 Å². The number of carbonyl (C=O) groups excluding carboxylic acids is 2. The molecule has 1 aliphatic rings. The number of carbonyl (C=O) groups is 2. The van der Waals surface area contributed by atoms with Gasteiger partial charge in [-0.1, -0.05) is 50.2 Å². The number of rotatable bonds is 4. The van der Waals surface area contributed by atoms with E-state index in [2.05, 4.69) is 10.3 Å². The van der Waals surface area contributed by atoms with Crippen molar-refractivity contribution in [1.29, 1.82) is 0 Å². The molecule has 0 spiro atoms. The molecule has 0 saturated carbocycles. The normalized spacial score (nSPS) is 19.5. The molecule has 0 aliphatic carbocycles. The second-order valence-corrected chi connectivity index (χ2v) is 7.74. The molecule has 1 aliphatic heterocycles. The number of nitrogens with two attached hydrogens (primary N) is 1. The van der Waals surface area contributed by atoms with Crippen LogP contribution in [0.4, 0.5) is 0 Å². The molecule has 2 amide bonds. The van der Waals surface area contributed by atoms with Crippen molar-refractivity contribution >= 4 is 11.8 Å². The van der Waals surface area contributed by atoms with Gasteiger partial charge in [0.05, 0.1) is 6.04 Å². The molecule has 3 N–H and O–H groups in total. The SMILES string of the molecule is CC1(C)CN(C(=O)C(=O)NC(Cc2ccccn2)c2ccccc2)CC1N. The molecule has 6 heteroatoms. The minimum Gasteiger partial charge on any atom is -0.341 e. The van der Waals surface area contributed by atoms with Gasteiger partial charge in [0.2, 0.25) is 0 Å². The Bertz CT molecular complexity index is 792. The molecule has 1 aromatic heterocycles. The summed E-state index contributed by atoms with van der Waals surface area (Å²) >= 11 is 0. The van der Waals surface area contributed by atoms with E-state index in [-0.39, 0.29) is 17.5 Å². The topological polar surface area (TPSA) is 88.3 Å². The maximum atomic E-state index is 12.7. The van der Waals surface area contributed by atoms with Crippen LogP contribution in [0.25, 0.3) is 0 Å². The number of benzene rings is 1. The van der Waals surface area contributed by atoms with E-state index >= 15 is 0 Å². The first-order chi connectivity index (χ1) is 12.9.